The molecule has 0 unspecified atom stereocenters. The minimum atomic E-state index is -0.0615. The summed E-state index contributed by atoms with van der Waals surface area (Å²) in [6.45, 7) is 4.59. The fourth-order valence-corrected chi connectivity index (χ4v) is 1.97. The van der Waals surface area contributed by atoms with E-state index in [0.717, 1.165) is 11.9 Å². The maximum absolute atomic E-state index is 11.5. The van der Waals surface area contributed by atoms with E-state index in [4.69, 9.17) is 4.74 Å². The molecule has 2 aromatic rings. The Bertz CT molecular complexity index is 546. The van der Waals surface area contributed by atoms with Gasteiger partial charge in [0.1, 0.15) is 6.61 Å². The molecule has 0 spiro atoms. The second-order valence-electron chi connectivity index (χ2n) is 4.82. The number of carbonyl (C=O) groups is 1. The van der Waals surface area contributed by atoms with Crippen molar-refractivity contribution in [3.63, 3.8) is 0 Å². The van der Waals surface area contributed by atoms with Gasteiger partial charge in [-0.3, -0.25) is 4.79 Å². The number of benzene rings is 1. The molecule has 1 amide bonds. The van der Waals surface area contributed by atoms with Crippen LogP contribution in [0, 0.1) is 0 Å². The van der Waals surface area contributed by atoms with Crippen LogP contribution in [0.1, 0.15) is 19.4 Å². The molecule has 4 heteroatoms. The quantitative estimate of drug-likeness (QED) is 0.837. The lowest BCUT2D eigenvalue weighted by atomic mass is 10.1. The van der Waals surface area contributed by atoms with Crippen molar-refractivity contribution in [2.45, 2.75) is 26.4 Å². The highest BCUT2D eigenvalue weighted by Crippen LogP contribution is 2.17. The maximum atomic E-state index is 11.5. The molecular weight excluding hydrogens is 240 g/mol. The van der Waals surface area contributed by atoms with Gasteiger partial charge in [0.15, 0.2) is 0 Å². The number of carbonyl (C=O) groups excluding carboxylic acids is 1. The van der Waals surface area contributed by atoms with Gasteiger partial charge in [0.05, 0.1) is 6.10 Å². The first kappa shape index (κ1) is 13.6. The monoisotopic (exact) mass is 260 g/mol. The first-order valence-corrected chi connectivity index (χ1v) is 6.60. The number of aromatic amines is 1. The highest BCUT2D eigenvalue weighted by Gasteiger charge is 2.05. The van der Waals surface area contributed by atoms with Gasteiger partial charge in [-0.15, -0.1) is 0 Å². The summed E-state index contributed by atoms with van der Waals surface area (Å²) < 4.78 is 5.24. The molecule has 0 bridgehead atoms. The molecule has 2 rings (SSSR count). The predicted molar refractivity (Wildman–Crippen MR) is 76.1 cm³/mol. The molecule has 0 aliphatic carbocycles. The SMILES string of the molecule is CC(C)OCC(=O)NCCc1c[nH]c2ccccc12. The highest BCUT2D eigenvalue weighted by atomic mass is 16.5. The smallest absolute Gasteiger partial charge is 0.246 e. The average molecular weight is 260 g/mol. The van der Waals surface area contributed by atoms with Crippen LogP contribution in [0.4, 0.5) is 0 Å². The number of nitrogens with one attached hydrogen (secondary N) is 2. The molecule has 4 nitrogen and oxygen atoms in total. The Morgan fingerprint density at radius 2 is 2.16 bits per heavy atom. The number of fused-ring (bicyclic) bond motifs is 1. The van der Waals surface area contributed by atoms with E-state index in [1.54, 1.807) is 0 Å². The van der Waals surface area contributed by atoms with Gasteiger partial charge in [-0.25, -0.2) is 0 Å². The van der Waals surface area contributed by atoms with Crippen molar-refractivity contribution in [2.24, 2.45) is 0 Å². The third kappa shape index (κ3) is 3.83. The Labute approximate surface area is 113 Å². The van der Waals surface area contributed by atoms with Gasteiger partial charge in [0.25, 0.3) is 0 Å². The van der Waals surface area contributed by atoms with E-state index in [1.807, 2.05) is 38.2 Å². The van der Waals surface area contributed by atoms with Crippen molar-refractivity contribution in [3.05, 3.63) is 36.0 Å². The van der Waals surface area contributed by atoms with E-state index in [0.29, 0.717) is 6.54 Å². The van der Waals surface area contributed by atoms with E-state index >= 15 is 0 Å². The fraction of sp³-hybridized carbons (Fsp3) is 0.400. The second kappa shape index (κ2) is 6.38. The van der Waals surface area contributed by atoms with E-state index in [9.17, 15) is 4.79 Å². The summed E-state index contributed by atoms with van der Waals surface area (Å²) in [5, 5.41) is 4.08. The van der Waals surface area contributed by atoms with Crippen LogP contribution in [0.15, 0.2) is 30.5 Å². The van der Waals surface area contributed by atoms with Crippen LogP contribution in [0.5, 0.6) is 0 Å². The number of para-hydroxylation sites is 1. The van der Waals surface area contributed by atoms with E-state index in [1.165, 1.54) is 10.9 Å². The molecule has 19 heavy (non-hydrogen) atoms. The minimum Gasteiger partial charge on any atom is -0.369 e. The number of hydrogen-bond acceptors (Lipinski definition) is 2. The molecule has 0 atom stereocenters. The summed E-state index contributed by atoms with van der Waals surface area (Å²) in [4.78, 5) is 14.7. The molecule has 0 aliphatic heterocycles. The second-order valence-corrected chi connectivity index (χ2v) is 4.82. The van der Waals surface area contributed by atoms with Crippen molar-refractivity contribution in [1.29, 1.82) is 0 Å². The molecule has 0 radical (unpaired) electrons. The van der Waals surface area contributed by atoms with Crippen LogP contribution in [0.2, 0.25) is 0 Å². The van der Waals surface area contributed by atoms with Crippen molar-refractivity contribution in [3.8, 4) is 0 Å². The summed E-state index contributed by atoms with van der Waals surface area (Å²) in [6.07, 6.45) is 2.90. The number of amides is 1. The third-order valence-corrected chi connectivity index (χ3v) is 2.94. The minimum absolute atomic E-state index is 0.0615. The largest absolute Gasteiger partial charge is 0.369 e. The number of hydrogen-bond donors (Lipinski definition) is 2. The van der Waals surface area contributed by atoms with Crippen LogP contribution in [0.3, 0.4) is 0 Å². The Kier molecular flexibility index (Phi) is 4.58. The number of aromatic nitrogens is 1. The van der Waals surface area contributed by atoms with Gasteiger partial charge < -0.3 is 15.0 Å². The van der Waals surface area contributed by atoms with Crippen LogP contribution >= 0.6 is 0 Å². The Morgan fingerprint density at radius 3 is 2.95 bits per heavy atom. The molecule has 1 aromatic heterocycles. The average Bonchev–Trinajstić information content (AvgIpc) is 2.80. The summed E-state index contributed by atoms with van der Waals surface area (Å²) in [6, 6.07) is 8.17. The van der Waals surface area contributed by atoms with Gasteiger partial charge in [0, 0.05) is 23.6 Å². The zero-order valence-electron chi connectivity index (χ0n) is 11.4. The Hall–Kier alpha value is -1.81. The molecule has 1 heterocycles. The topological polar surface area (TPSA) is 54.1 Å². The van der Waals surface area contributed by atoms with E-state index in [-0.39, 0.29) is 18.6 Å². The molecular formula is C15H20N2O2. The predicted octanol–water partition coefficient (Wildman–Crippen LogP) is 2.25. The molecule has 0 saturated carbocycles. The molecule has 102 valence electrons. The van der Waals surface area contributed by atoms with Crippen LogP contribution in [0.25, 0.3) is 10.9 Å². The highest BCUT2D eigenvalue weighted by molar-refractivity contribution is 5.83. The lowest BCUT2D eigenvalue weighted by Gasteiger charge is -2.08. The lowest BCUT2D eigenvalue weighted by molar-refractivity contribution is -0.127. The molecule has 1 aromatic carbocycles. The summed E-state index contributed by atoms with van der Waals surface area (Å²) >= 11 is 0. The molecule has 2 N–H and O–H groups in total. The van der Waals surface area contributed by atoms with Gasteiger partial charge in [-0.05, 0) is 31.9 Å². The summed E-state index contributed by atoms with van der Waals surface area (Å²) in [5.41, 5.74) is 2.35. The van der Waals surface area contributed by atoms with Crippen LogP contribution < -0.4 is 5.32 Å². The van der Waals surface area contributed by atoms with Gasteiger partial charge in [-0.2, -0.15) is 0 Å². The van der Waals surface area contributed by atoms with Crippen LogP contribution in [-0.4, -0.2) is 30.1 Å². The number of H-pyrrole nitrogens is 1. The molecule has 0 saturated heterocycles. The Balaban J connectivity index is 1.81. The van der Waals surface area contributed by atoms with E-state index < -0.39 is 0 Å². The van der Waals surface area contributed by atoms with Gasteiger partial charge in [-0.1, -0.05) is 18.2 Å². The van der Waals surface area contributed by atoms with Crippen molar-refractivity contribution in [1.82, 2.24) is 10.3 Å². The number of ether oxygens (including phenoxy) is 1. The van der Waals surface area contributed by atoms with Gasteiger partial charge >= 0.3 is 0 Å². The molecule has 0 fully saturated rings. The maximum Gasteiger partial charge on any atom is 0.246 e. The zero-order valence-corrected chi connectivity index (χ0v) is 11.4. The van der Waals surface area contributed by atoms with Crippen LogP contribution in [-0.2, 0) is 16.0 Å². The normalized spacial score (nSPS) is 11.1. The van der Waals surface area contributed by atoms with Gasteiger partial charge in [0.2, 0.25) is 5.91 Å². The third-order valence-electron chi connectivity index (χ3n) is 2.94. The number of rotatable bonds is 6. The summed E-state index contributed by atoms with van der Waals surface area (Å²) in [5.74, 6) is -0.0615. The van der Waals surface area contributed by atoms with E-state index in [2.05, 4.69) is 16.4 Å². The standard InChI is InChI=1S/C15H20N2O2/c1-11(2)19-10-15(18)16-8-7-12-9-17-14-6-4-3-5-13(12)14/h3-6,9,11,17H,7-8,10H2,1-2H3,(H,16,18). The summed E-state index contributed by atoms with van der Waals surface area (Å²) in [7, 11) is 0. The van der Waals surface area contributed by atoms with Crippen molar-refractivity contribution < 1.29 is 9.53 Å². The first-order chi connectivity index (χ1) is 9.16. The van der Waals surface area contributed by atoms with Crippen molar-refractivity contribution >= 4 is 16.8 Å². The fourth-order valence-electron chi connectivity index (χ4n) is 1.97. The molecule has 0 aliphatic rings. The lowest BCUT2D eigenvalue weighted by Crippen LogP contribution is -2.30. The zero-order chi connectivity index (χ0) is 13.7. The first-order valence-electron chi connectivity index (χ1n) is 6.60. The van der Waals surface area contributed by atoms with Crippen molar-refractivity contribution in [2.75, 3.05) is 13.2 Å². The Morgan fingerprint density at radius 1 is 1.37 bits per heavy atom.